The van der Waals surface area contributed by atoms with Gasteiger partial charge in [0.1, 0.15) is 6.07 Å². The Morgan fingerprint density at radius 3 is 2.26 bits per heavy atom. The van der Waals surface area contributed by atoms with Crippen LogP contribution in [0.2, 0.25) is 0 Å². The average Bonchev–Trinajstić information content (AvgIpc) is 2.87. The number of nitrogens with zero attached hydrogens (tertiary/aromatic N) is 1. The number of unbranched alkanes of at least 4 members (excludes halogenated alkanes) is 2. The monoisotopic (exact) mass is 471 g/mol. The summed E-state index contributed by atoms with van der Waals surface area (Å²) >= 11 is 0. The van der Waals surface area contributed by atoms with Crippen LogP contribution in [0.1, 0.15) is 102 Å². The third kappa shape index (κ3) is 5.81. The van der Waals surface area contributed by atoms with Gasteiger partial charge in [0.25, 0.3) is 0 Å². The van der Waals surface area contributed by atoms with E-state index in [9.17, 15) is 13.6 Å². The van der Waals surface area contributed by atoms with Crippen molar-refractivity contribution in [3.63, 3.8) is 0 Å². The molecule has 4 atom stereocenters. The summed E-state index contributed by atoms with van der Waals surface area (Å²) in [7, 11) is 0. The second-order valence-corrected chi connectivity index (χ2v) is 11.2. The van der Waals surface area contributed by atoms with Crippen molar-refractivity contribution < 1.29 is 18.3 Å². The minimum Gasteiger partial charge on any atom is -0.423 e. The standard InChI is InChI=1S/C29H39F2NO2/c1-2-3-4-5-19-6-7-24-17-23(13-12-22(24)16-19)20-8-10-21(11-9-20)29(33)34-26-15-14-25(18-32)27(30)28(26)31/h14-15,19-24H,2-13,16-17H2,1H3. The van der Waals surface area contributed by atoms with Gasteiger partial charge >= 0.3 is 5.97 Å². The summed E-state index contributed by atoms with van der Waals surface area (Å²) in [6, 6.07) is 3.90. The van der Waals surface area contributed by atoms with Gasteiger partial charge in [-0.05, 0) is 99.5 Å². The second kappa shape index (κ2) is 11.6. The molecule has 3 aliphatic carbocycles. The van der Waals surface area contributed by atoms with Crippen molar-refractivity contribution in [3.05, 3.63) is 29.3 Å². The van der Waals surface area contributed by atoms with Crippen LogP contribution in [0, 0.1) is 58.5 Å². The number of rotatable bonds is 7. The molecule has 0 radical (unpaired) electrons. The number of ether oxygens (including phenoxy) is 1. The van der Waals surface area contributed by atoms with Crippen molar-refractivity contribution in [2.45, 2.75) is 96.8 Å². The van der Waals surface area contributed by atoms with Crippen LogP contribution in [0.3, 0.4) is 0 Å². The van der Waals surface area contributed by atoms with E-state index in [1.165, 1.54) is 64.2 Å². The number of carbonyl (C=O) groups excluding carboxylic acids is 1. The third-order valence-corrected chi connectivity index (χ3v) is 9.13. The van der Waals surface area contributed by atoms with Gasteiger partial charge in [0, 0.05) is 0 Å². The fourth-order valence-corrected chi connectivity index (χ4v) is 7.11. The number of esters is 1. The van der Waals surface area contributed by atoms with Gasteiger partial charge in [-0.15, -0.1) is 0 Å². The summed E-state index contributed by atoms with van der Waals surface area (Å²) in [5, 5.41) is 8.80. The number of nitriles is 1. The Hall–Kier alpha value is -1.96. The zero-order valence-corrected chi connectivity index (χ0v) is 20.5. The summed E-state index contributed by atoms with van der Waals surface area (Å²) < 4.78 is 33.1. The van der Waals surface area contributed by atoms with Crippen LogP contribution < -0.4 is 4.74 Å². The van der Waals surface area contributed by atoms with Crippen LogP contribution in [0.5, 0.6) is 5.75 Å². The number of hydrogen-bond acceptors (Lipinski definition) is 3. The Bertz CT molecular complexity index is 887. The van der Waals surface area contributed by atoms with Crippen LogP contribution >= 0.6 is 0 Å². The molecule has 0 aliphatic heterocycles. The molecule has 3 nitrogen and oxygen atoms in total. The van der Waals surface area contributed by atoms with Crippen LogP contribution in [-0.2, 0) is 4.79 Å². The Morgan fingerprint density at radius 1 is 0.912 bits per heavy atom. The van der Waals surface area contributed by atoms with Gasteiger partial charge in [0.15, 0.2) is 11.6 Å². The molecule has 5 heteroatoms. The van der Waals surface area contributed by atoms with E-state index in [0.717, 1.165) is 61.5 Å². The number of halogens is 2. The minimum absolute atomic E-state index is 0.260. The Kier molecular flexibility index (Phi) is 8.61. The molecule has 4 unspecified atom stereocenters. The van der Waals surface area contributed by atoms with Gasteiger partial charge in [-0.25, -0.2) is 4.39 Å². The van der Waals surface area contributed by atoms with E-state index in [0.29, 0.717) is 5.92 Å². The molecule has 0 amide bonds. The highest BCUT2D eigenvalue weighted by molar-refractivity contribution is 5.75. The highest BCUT2D eigenvalue weighted by atomic mass is 19.2. The Balaban J connectivity index is 1.23. The van der Waals surface area contributed by atoms with Gasteiger partial charge in [0.2, 0.25) is 5.82 Å². The fraction of sp³-hybridized carbons (Fsp3) is 0.724. The van der Waals surface area contributed by atoms with Crippen molar-refractivity contribution >= 4 is 5.97 Å². The molecule has 0 spiro atoms. The van der Waals surface area contributed by atoms with E-state index in [-0.39, 0.29) is 5.92 Å². The first-order valence-corrected chi connectivity index (χ1v) is 13.6. The molecular formula is C29H39F2NO2. The van der Waals surface area contributed by atoms with Gasteiger partial charge in [0.05, 0.1) is 11.5 Å². The molecule has 1 aromatic rings. The second-order valence-electron chi connectivity index (χ2n) is 11.2. The van der Waals surface area contributed by atoms with Crippen molar-refractivity contribution in [3.8, 4) is 11.8 Å². The van der Waals surface area contributed by atoms with Crippen molar-refractivity contribution in [2.24, 2.45) is 35.5 Å². The number of carbonyl (C=O) groups is 1. The summed E-state index contributed by atoms with van der Waals surface area (Å²) in [6.45, 7) is 2.28. The molecule has 4 rings (SSSR count). The largest absolute Gasteiger partial charge is 0.423 e. The normalized spacial score (nSPS) is 31.4. The topological polar surface area (TPSA) is 50.1 Å². The molecule has 0 heterocycles. The van der Waals surface area contributed by atoms with Crippen molar-refractivity contribution in [2.75, 3.05) is 0 Å². The molecule has 0 saturated heterocycles. The molecule has 3 fully saturated rings. The van der Waals surface area contributed by atoms with Crippen LogP contribution in [0.25, 0.3) is 0 Å². The summed E-state index contributed by atoms with van der Waals surface area (Å²) in [6.07, 6.45) is 17.4. The minimum atomic E-state index is -1.27. The van der Waals surface area contributed by atoms with Crippen LogP contribution in [-0.4, -0.2) is 5.97 Å². The molecule has 1 aromatic carbocycles. The van der Waals surface area contributed by atoms with E-state index in [1.54, 1.807) is 6.07 Å². The summed E-state index contributed by atoms with van der Waals surface area (Å²) in [5.74, 6) is 0.559. The number of benzene rings is 1. The lowest BCUT2D eigenvalue weighted by Crippen LogP contribution is -2.35. The van der Waals surface area contributed by atoms with Gasteiger partial charge in [-0.3, -0.25) is 4.79 Å². The fourth-order valence-electron chi connectivity index (χ4n) is 7.11. The van der Waals surface area contributed by atoms with Crippen LogP contribution in [0.4, 0.5) is 8.78 Å². The lowest BCUT2D eigenvalue weighted by Gasteiger charge is -2.45. The van der Waals surface area contributed by atoms with Gasteiger partial charge < -0.3 is 4.74 Å². The van der Waals surface area contributed by atoms with E-state index in [1.807, 2.05) is 0 Å². The third-order valence-electron chi connectivity index (χ3n) is 9.13. The Labute approximate surface area is 203 Å². The first-order valence-electron chi connectivity index (χ1n) is 13.6. The van der Waals surface area contributed by atoms with E-state index in [2.05, 4.69) is 6.92 Å². The van der Waals surface area contributed by atoms with Crippen LogP contribution in [0.15, 0.2) is 12.1 Å². The molecular weight excluding hydrogens is 432 g/mol. The smallest absolute Gasteiger partial charge is 0.314 e. The quantitative estimate of drug-likeness (QED) is 0.230. The highest BCUT2D eigenvalue weighted by Gasteiger charge is 2.39. The number of hydrogen-bond donors (Lipinski definition) is 0. The van der Waals surface area contributed by atoms with Gasteiger partial charge in [-0.1, -0.05) is 39.0 Å². The summed E-state index contributed by atoms with van der Waals surface area (Å²) in [4.78, 5) is 12.6. The molecule has 34 heavy (non-hydrogen) atoms. The van der Waals surface area contributed by atoms with Crippen molar-refractivity contribution in [1.82, 2.24) is 0 Å². The maximum Gasteiger partial charge on any atom is 0.314 e. The zero-order chi connectivity index (χ0) is 24.1. The number of fused-ring (bicyclic) bond motifs is 1. The van der Waals surface area contributed by atoms with E-state index in [4.69, 9.17) is 10.00 Å². The first kappa shape index (κ1) is 25.1. The lowest BCUT2D eigenvalue weighted by atomic mass is 9.60. The van der Waals surface area contributed by atoms with Gasteiger partial charge in [-0.2, -0.15) is 9.65 Å². The zero-order valence-electron chi connectivity index (χ0n) is 20.5. The maximum absolute atomic E-state index is 14.1. The molecule has 0 bridgehead atoms. The van der Waals surface area contributed by atoms with E-state index >= 15 is 0 Å². The molecule has 0 aromatic heterocycles. The molecule has 186 valence electrons. The SMILES string of the molecule is CCCCCC1CCC2CC(C3CCC(C(=O)Oc4ccc(C#N)c(F)c4F)CC3)CCC2C1. The van der Waals surface area contributed by atoms with Crippen molar-refractivity contribution in [1.29, 1.82) is 5.26 Å². The van der Waals surface area contributed by atoms with E-state index < -0.39 is 28.9 Å². The first-order chi connectivity index (χ1) is 16.5. The Morgan fingerprint density at radius 2 is 1.56 bits per heavy atom. The average molecular weight is 472 g/mol. The lowest BCUT2D eigenvalue weighted by molar-refractivity contribution is -0.140. The predicted molar refractivity (Wildman–Crippen MR) is 128 cm³/mol. The summed E-state index contributed by atoms with van der Waals surface area (Å²) in [5.41, 5.74) is -0.391. The molecule has 0 N–H and O–H groups in total. The molecule has 3 saturated carbocycles. The maximum atomic E-state index is 14.1. The predicted octanol–water partition coefficient (Wildman–Crippen LogP) is 7.96. The highest BCUT2D eigenvalue weighted by Crippen LogP contribution is 2.49. The molecule has 3 aliphatic rings.